The fourth-order valence-corrected chi connectivity index (χ4v) is 3.37. The third-order valence-corrected chi connectivity index (χ3v) is 4.95. The molecule has 0 aliphatic carbocycles. The van der Waals surface area contributed by atoms with E-state index in [9.17, 15) is 4.79 Å². The number of rotatable bonds is 6. The average molecular weight is 376 g/mol. The molecule has 0 saturated carbocycles. The van der Waals surface area contributed by atoms with Crippen molar-refractivity contribution < 1.29 is 4.79 Å². The Hall–Kier alpha value is -2.05. The van der Waals surface area contributed by atoms with E-state index in [1.807, 2.05) is 31.6 Å². The predicted molar refractivity (Wildman–Crippen MR) is 103 cm³/mol. The lowest BCUT2D eigenvalue weighted by molar-refractivity contribution is 0.186. The molecule has 2 aromatic rings. The van der Waals surface area contributed by atoms with Crippen LogP contribution in [0.3, 0.4) is 0 Å². The number of nitrogens with zero attached hydrogens (tertiary/aromatic N) is 3. The van der Waals surface area contributed by atoms with Gasteiger partial charge in [-0.05, 0) is 42.5 Å². The summed E-state index contributed by atoms with van der Waals surface area (Å²) >= 11 is 5.93. The van der Waals surface area contributed by atoms with Gasteiger partial charge in [0.25, 0.3) is 0 Å². The number of urea groups is 1. The zero-order valence-corrected chi connectivity index (χ0v) is 15.9. The first kappa shape index (κ1) is 18.7. The van der Waals surface area contributed by atoms with Gasteiger partial charge < -0.3 is 10.6 Å². The summed E-state index contributed by atoms with van der Waals surface area (Å²) in [6, 6.07) is 8.17. The number of nitrogens with one attached hydrogen (secondary N) is 2. The second-order valence-electron chi connectivity index (χ2n) is 6.85. The second-order valence-corrected chi connectivity index (χ2v) is 7.29. The summed E-state index contributed by atoms with van der Waals surface area (Å²) in [5.41, 5.74) is 2.40. The number of carbonyl (C=O) groups excluding carboxylic acids is 1. The molecule has 140 valence electrons. The van der Waals surface area contributed by atoms with Gasteiger partial charge in [0.05, 0.1) is 6.20 Å². The van der Waals surface area contributed by atoms with Gasteiger partial charge in [-0.3, -0.25) is 9.58 Å². The van der Waals surface area contributed by atoms with Crippen LogP contribution in [0, 0.1) is 0 Å². The molecule has 3 rings (SSSR count). The van der Waals surface area contributed by atoms with Gasteiger partial charge in [0.1, 0.15) is 0 Å². The van der Waals surface area contributed by atoms with Crippen molar-refractivity contribution in [1.82, 2.24) is 25.3 Å². The quantitative estimate of drug-likeness (QED) is 0.815. The molecule has 1 aromatic heterocycles. The van der Waals surface area contributed by atoms with Crippen LogP contribution in [0.15, 0.2) is 36.7 Å². The summed E-state index contributed by atoms with van der Waals surface area (Å²) in [6.07, 6.45) is 6.54. The Kier molecular flexibility index (Phi) is 6.52. The van der Waals surface area contributed by atoms with Crippen molar-refractivity contribution >= 4 is 17.6 Å². The highest BCUT2D eigenvalue weighted by Gasteiger charge is 2.20. The third-order valence-electron chi connectivity index (χ3n) is 4.70. The zero-order chi connectivity index (χ0) is 18.4. The number of halogens is 1. The van der Waals surface area contributed by atoms with Gasteiger partial charge in [-0.1, -0.05) is 23.7 Å². The molecule has 2 N–H and O–H groups in total. The molecule has 2 amide bonds. The maximum atomic E-state index is 12.0. The summed E-state index contributed by atoms with van der Waals surface area (Å²) in [5, 5.41) is 10.9. The Balaban J connectivity index is 1.32. The Labute approximate surface area is 159 Å². The van der Waals surface area contributed by atoms with E-state index in [1.165, 1.54) is 5.56 Å². The lowest BCUT2D eigenvalue weighted by Crippen LogP contribution is -2.48. The highest BCUT2D eigenvalue weighted by Crippen LogP contribution is 2.15. The summed E-state index contributed by atoms with van der Waals surface area (Å²) in [7, 11) is 1.89. The molecule has 1 saturated heterocycles. The minimum atomic E-state index is -0.0787. The molecule has 0 bridgehead atoms. The van der Waals surface area contributed by atoms with E-state index >= 15 is 0 Å². The van der Waals surface area contributed by atoms with Gasteiger partial charge in [-0.15, -0.1) is 0 Å². The monoisotopic (exact) mass is 375 g/mol. The number of carbonyl (C=O) groups is 1. The van der Waals surface area contributed by atoms with Crippen LogP contribution in [0.5, 0.6) is 0 Å². The van der Waals surface area contributed by atoms with E-state index in [1.54, 1.807) is 4.68 Å². The smallest absolute Gasteiger partial charge is 0.315 e. The molecule has 0 atom stereocenters. The van der Waals surface area contributed by atoms with Crippen molar-refractivity contribution in [2.75, 3.05) is 19.6 Å². The lowest BCUT2D eigenvalue weighted by Gasteiger charge is -2.32. The van der Waals surface area contributed by atoms with Crippen molar-refractivity contribution in [2.24, 2.45) is 7.05 Å². The van der Waals surface area contributed by atoms with Gasteiger partial charge in [-0.25, -0.2) is 4.79 Å². The molecule has 26 heavy (non-hydrogen) atoms. The number of aromatic nitrogens is 2. The minimum absolute atomic E-state index is 0.0787. The number of hydrogen-bond donors (Lipinski definition) is 2. The molecule has 2 heterocycles. The number of piperidine rings is 1. The van der Waals surface area contributed by atoms with Crippen LogP contribution >= 0.6 is 11.6 Å². The van der Waals surface area contributed by atoms with E-state index in [4.69, 9.17) is 11.6 Å². The Morgan fingerprint density at radius 1 is 1.23 bits per heavy atom. The number of hydrogen-bond acceptors (Lipinski definition) is 3. The van der Waals surface area contributed by atoms with Crippen LogP contribution in [0.4, 0.5) is 4.79 Å². The standard InChI is InChI=1S/C19H26ClN5O/c1-24-13-16(12-22-24)6-9-21-19(26)23-18-7-10-25(11-8-18)14-15-2-4-17(20)5-3-15/h2-5,12-13,18H,6-11,14H2,1H3,(H2,21,23,26). The normalized spacial score (nSPS) is 15.8. The number of aryl methyl sites for hydroxylation is 1. The molecular weight excluding hydrogens is 350 g/mol. The van der Waals surface area contributed by atoms with E-state index in [0.29, 0.717) is 6.54 Å². The maximum Gasteiger partial charge on any atom is 0.315 e. The van der Waals surface area contributed by atoms with E-state index in [0.717, 1.165) is 49.5 Å². The SMILES string of the molecule is Cn1cc(CCNC(=O)NC2CCN(Cc3ccc(Cl)cc3)CC2)cn1. The molecule has 0 spiro atoms. The largest absolute Gasteiger partial charge is 0.338 e. The number of likely N-dealkylation sites (tertiary alicyclic amines) is 1. The highest BCUT2D eigenvalue weighted by molar-refractivity contribution is 6.30. The summed E-state index contributed by atoms with van der Waals surface area (Å²) in [5.74, 6) is 0. The van der Waals surface area contributed by atoms with Crippen LogP contribution in [-0.4, -0.2) is 46.4 Å². The summed E-state index contributed by atoms with van der Waals surface area (Å²) < 4.78 is 1.77. The molecule has 6 nitrogen and oxygen atoms in total. The van der Waals surface area contributed by atoms with Crippen molar-refractivity contribution in [3.05, 3.63) is 52.8 Å². The number of amides is 2. The van der Waals surface area contributed by atoms with Crippen LogP contribution in [0.1, 0.15) is 24.0 Å². The van der Waals surface area contributed by atoms with Gasteiger partial charge in [0.15, 0.2) is 0 Å². The summed E-state index contributed by atoms with van der Waals surface area (Å²) in [4.78, 5) is 14.5. The van der Waals surface area contributed by atoms with Crippen LogP contribution in [0.25, 0.3) is 0 Å². The molecule has 1 aliphatic rings. The first-order valence-corrected chi connectivity index (χ1v) is 9.45. The Morgan fingerprint density at radius 3 is 2.62 bits per heavy atom. The van der Waals surface area contributed by atoms with Crippen LogP contribution in [-0.2, 0) is 20.0 Å². The first-order valence-electron chi connectivity index (χ1n) is 9.07. The number of benzene rings is 1. The molecule has 0 radical (unpaired) electrons. The van der Waals surface area contributed by atoms with Crippen LogP contribution < -0.4 is 10.6 Å². The minimum Gasteiger partial charge on any atom is -0.338 e. The van der Waals surface area contributed by atoms with Gasteiger partial charge in [0.2, 0.25) is 0 Å². The van der Waals surface area contributed by atoms with Crippen molar-refractivity contribution in [3.8, 4) is 0 Å². The van der Waals surface area contributed by atoms with E-state index < -0.39 is 0 Å². The molecule has 0 unspecified atom stereocenters. The van der Waals surface area contributed by atoms with E-state index in [-0.39, 0.29) is 12.1 Å². The van der Waals surface area contributed by atoms with E-state index in [2.05, 4.69) is 32.8 Å². The topological polar surface area (TPSA) is 62.2 Å². The molecule has 1 aliphatic heterocycles. The molecule has 1 aromatic carbocycles. The molecular formula is C19H26ClN5O. The van der Waals surface area contributed by atoms with Crippen molar-refractivity contribution in [2.45, 2.75) is 31.8 Å². The second kappa shape index (κ2) is 9.05. The van der Waals surface area contributed by atoms with Crippen LogP contribution in [0.2, 0.25) is 5.02 Å². The van der Waals surface area contributed by atoms with Gasteiger partial charge >= 0.3 is 6.03 Å². The average Bonchev–Trinajstić information content (AvgIpc) is 3.04. The Morgan fingerprint density at radius 2 is 1.96 bits per heavy atom. The molecule has 1 fully saturated rings. The Bertz CT molecular complexity index is 707. The van der Waals surface area contributed by atoms with Gasteiger partial charge in [0, 0.05) is 50.5 Å². The fraction of sp³-hybridized carbons (Fsp3) is 0.474. The van der Waals surface area contributed by atoms with Crippen molar-refractivity contribution in [3.63, 3.8) is 0 Å². The lowest BCUT2D eigenvalue weighted by atomic mass is 10.0. The highest BCUT2D eigenvalue weighted by atomic mass is 35.5. The third kappa shape index (κ3) is 5.75. The first-order chi connectivity index (χ1) is 12.6. The fourth-order valence-electron chi connectivity index (χ4n) is 3.24. The predicted octanol–water partition coefficient (Wildman–Crippen LogP) is 2.58. The summed E-state index contributed by atoms with van der Waals surface area (Å²) in [6.45, 7) is 3.53. The molecule has 7 heteroatoms. The van der Waals surface area contributed by atoms with Crippen molar-refractivity contribution in [1.29, 1.82) is 0 Å². The maximum absolute atomic E-state index is 12.0. The zero-order valence-electron chi connectivity index (χ0n) is 15.1. The van der Waals surface area contributed by atoms with Gasteiger partial charge in [-0.2, -0.15) is 5.10 Å².